The fourth-order valence-corrected chi connectivity index (χ4v) is 2.72. The average molecular weight is 346 g/mol. The molecule has 1 aliphatic carbocycles. The standard InChI is InChI=1S/C14H7F5N2O3/c1-24-13(14(17,18)19)8-11(22)6-4(2-20)9(15)5(3-21)10(16)7(6)12(8)23/h8,12-13,23H,1H3. The monoisotopic (exact) mass is 346 g/mol. The molecule has 0 bridgehead atoms. The molecule has 10 heteroatoms. The highest BCUT2D eigenvalue weighted by Crippen LogP contribution is 2.46. The van der Waals surface area contributed by atoms with Gasteiger partial charge in [-0.1, -0.05) is 0 Å². The second-order valence-corrected chi connectivity index (χ2v) is 4.92. The number of methoxy groups -OCH3 is 1. The zero-order valence-electron chi connectivity index (χ0n) is 11.8. The van der Waals surface area contributed by atoms with E-state index in [0.29, 0.717) is 7.11 Å². The minimum Gasteiger partial charge on any atom is -0.387 e. The first kappa shape index (κ1) is 17.8. The van der Waals surface area contributed by atoms with Crippen molar-refractivity contribution in [1.29, 1.82) is 10.5 Å². The summed E-state index contributed by atoms with van der Waals surface area (Å²) in [6.45, 7) is 0. The van der Waals surface area contributed by atoms with Crippen molar-refractivity contribution >= 4 is 5.78 Å². The zero-order valence-corrected chi connectivity index (χ0v) is 11.8. The molecule has 0 radical (unpaired) electrons. The van der Waals surface area contributed by atoms with Gasteiger partial charge >= 0.3 is 6.18 Å². The maximum absolute atomic E-state index is 14.2. The van der Waals surface area contributed by atoms with Crippen LogP contribution in [0.1, 0.15) is 33.2 Å². The highest BCUT2D eigenvalue weighted by molar-refractivity contribution is 6.05. The van der Waals surface area contributed by atoms with E-state index < -0.39 is 64.0 Å². The number of alkyl halides is 3. The summed E-state index contributed by atoms with van der Waals surface area (Å²) in [7, 11) is 0.629. The number of nitrogens with zero attached hydrogens (tertiary/aromatic N) is 2. The van der Waals surface area contributed by atoms with E-state index in [0.717, 1.165) is 6.07 Å². The van der Waals surface area contributed by atoms with Crippen LogP contribution in [0.3, 0.4) is 0 Å². The summed E-state index contributed by atoms with van der Waals surface area (Å²) in [6, 6.07) is 2.33. The zero-order chi connectivity index (χ0) is 18.4. The largest absolute Gasteiger partial charge is 0.415 e. The van der Waals surface area contributed by atoms with Gasteiger partial charge in [0.25, 0.3) is 0 Å². The molecule has 24 heavy (non-hydrogen) atoms. The first-order chi connectivity index (χ1) is 11.1. The molecule has 0 aliphatic heterocycles. The number of halogens is 5. The Bertz CT molecular complexity index is 807. The van der Waals surface area contributed by atoms with Gasteiger partial charge in [0.15, 0.2) is 23.5 Å². The quantitative estimate of drug-likeness (QED) is 0.828. The van der Waals surface area contributed by atoms with E-state index in [1.54, 1.807) is 0 Å². The number of carbonyl (C=O) groups excluding carboxylic acids is 1. The highest BCUT2D eigenvalue weighted by Gasteiger charge is 2.56. The molecule has 126 valence electrons. The number of hydrogen-bond acceptors (Lipinski definition) is 5. The lowest BCUT2D eigenvalue weighted by atomic mass is 9.94. The third-order valence-corrected chi connectivity index (χ3v) is 3.73. The van der Waals surface area contributed by atoms with Crippen molar-refractivity contribution in [2.45, 2.75) is 18.4 Å². The van der Waals surface area contributed by atoms with Gasteiger partial charge in [0.1, 0.15) is 23.3 Å². The first-order valence-corrected chi connectivity index (χ1v) is 6.28. The van der Waals surface area contributed by atoms with Gasteiger partial charge in [-0.05, 0) is 0 Å². The molecule has 5 nitrogen and oxygen atoms in total. The Morgan fingerprint density at radius 2 is 1.71 bits per heavy atom. The summed E-state index contributed by atoms with van der Waals surface area (Å²) < 4.78 is 71.3. The van der Waals surface area contributed by atoms with Gasteiger partial charge in [0, 0.05) is 18.2 Å². The van der Waals surface area contributed by atoms with Gasteiger partial charge < -0.3 is 9.84 Å². The molecule has 2 rings (SSSR count). The average Bonchev–Trinajstić information content (AvgIpc) is 2.73. The van der Waals surface area contributed by atoms with Crippen LogP contribution >= 0.6 is 0 Å². The number of ketones is 1. The molecule has 1 N–H and O–H groups in total. The van der Waals surface area contributed by atoms with Crippen LogP contribution in [0, 0.1) is 40.2 Å². The molecule has 1 aromatic rings. The summed E-state index contributed by atoms with van der Waals surface area (Å²) in [5.41, 5.74) is -4.37. The normalized spacial score (nSPS) is 21.1. The fourth-order valence-electron chi connectivity index (χ4n) is 2.72. The Balaban J connectivity index is 2.78. The van der Waals surface area contributed by atoms with E-state index in [2.05, 4.69) is 4.74 Å². The summed E-state index contributed by atoms with van der Waals surface area (Å²) in [6.07, 6.45) is -10.2. The minimum absolute atomic E-state index is 0.629. The van der Waals surface area contributed by atoms with E-state index in [1.165, 1.54) is 6.07 Å². The Hall–Kier alpha value is -2.56. The molecule has 3 unspecified atom stereocenters. The van der Waals surface area contributed by atoms with Crippen molar-refractivity contribution in [3.05, 3.63) is 33.9 Å². The Labute approximate surface area is 131 Å². The van der Waals surface area contributed by atoms with Gasteiger partial charge in [-0.15, -0.1) is 0 Å². The van der Waals surface area contributed by atoms with Crippen LogP contribution in [0.5, 0.6) is 0 Å². The Kier molecular flexibility index (Phi) is 4.31. The summed E-state index contributed by atoms with van der Waals surface area (Å²) in [5.74, 6) is -7.15. The lowest BCUT2D eigenvalue weighted by molar-refractivity contribution is -0.230. The lowest BCUT2D eigenvalue weighted by Gasteiger charge is -2.25. The number of rotatable bonds is 2. The molecule has 1 aromatic carbocycles. The second kappa shape index (κ2) is 5.82. The van der Waals surface area contributed by atoms with E-state index in [-0.39, 0.29) is 0 Å². The molecule has 0 aromatic heterocycles. The number of aliphatic hydroxyl groups excluding tert-OH is 1. The smallest absolute Gasteiger partial charge is 0.387 e. The molecule has 3 atom stereocenters. The summed E-state index contributed by atoms with van der Waals surface area (Å²) in [5, 5.41) is 27.7. The Morgan fingerprint density at radius 3 is 2.12 bits per heavy atom. The molecule has 0 amide bonds. The van der Waals surface area contributed by atoms with Crippen molar-refractivity contribution in [1.82, 2.24) is 0 Å². The van der Waals surface area contributed by atoms with Crippen LogP contribution < -0.4 is 0 Å². The molecule has 0 saturated heterocycles. The van der Waals surface area contributed by atoms with Gasteiger partial charge in [-0.2, -0.15) is 23.7 Å². The van der Waals surface area contributed by atoms with Crippen LogP contribution in [-0.2, 0) is 4.74 Å². The first-order valence-electron chi connectivity index (χ1n) is 6.28. The third kappa shape index (κ3) is 2.31. The van der Waals surface area contributed by atoms with Crippen LogP contribution in [0.4, 0.5) is 22.0 Å². The van der Waals surface area contributed by atoms with Crippen molar-refractivity contribution < 1.29 is 36.6 Å². The summed E-state index contributed by atoms with van der Waals surface area (Å²) in [4.78, 5) is 12.2. The van der Waals surface area contributed by atoms with Gasteiger partial charge in [0.05, 0.1) is 12.0 Å². The van der Waals surface area contributed by atoms with Crippen LogP contribution in [0.15, 0.2) is 0 Å². The highest BCUT2D eigenvalue weighted by atomic mass is 19.4. The number of nitriles is 2. The SMILES string of the molecule is COC(C1C(=O)c2c(C#N)c(F)c(C#N)c(F)c2C1O)C(F)(F)F. The molecule has 1 aliphatic rings. The van der Waals surface area contributed by atoms with Crippen LogP contribution in [-0.4, -0.2) is 30.3 Å². The maximum atomic E-state index is 14.2. The van der Waals surface area contributed by atoms with E-state index in [4.69, 9.17) is 10.5 Å². The topological polar surface area (TPSA) is 94.1 Å². The van der Waals surface area contributed by atoms with Crippen molar-refractivity contribution in [3.63, 3.8) is 0 Å². The predicted octanol–water partition coefficient (Wildman–Crippen LogP) is 2.13. The number of carbonyl (C=O) groups is 1. The van der Waals surface area contributed by atoms with Crippen molar-refractivity contribution in [2.75, 3.05) is 7.11 Å². The van der Waals surface area contributed by atoms with Crippen molar-refractivity contribution in [2.24, 2.45) is 5.92 Å². The van der Waals surface area contributed by atoms with E-state index in [9.17, 15) is 31.9 Å². The summed E-state index contributed by atoms with van der Waals surface area (Å²) >= 11 is 0. The molecule has 0 heterocycles. The lowest BCUT2D eigenvalue weighted by Crippen LogP contribution is -2.42. The number of hydrogen-bond donors (Lipinski definition) is 1. The van der Waals surface area contributed by atoms with Crippen LogP contribution in [0.2, 0.25) is 0 Å². The van der Waals surface area contributed by atoms with Crippen LogP contribution in [0.25, 0.3) is 0 Å². The third-order valence-electron chi connectivity index (χ3n) is 3.73. The maximum Gasteiger partial charge on any atom is 0.415 e. The fraction of sp³-hybridized carbons (Fsp3) is 0.357. The van der Waals surface area contributed by atoms with E-state index >= 15 is 0 Å². The minimum atomic E-state index is -5.09. The van der Waals surface area contributed by atoms with Crippen molar-refractivity contribution in [3.8, 4) is 12.1 Å². The van der Waals surface area contributed by atoms with Gasteiger partial charge in [0.2, 0.25) is 0 Å². The molecule has 0 spiro atoms. The van der Waals surface area contributed by atoms with Gasteiger partial charge in [-0.25, -0.2) is 8.78 Å². The molecular formula is C14H7F5N2O3. The molecular weight excluding hydrogens is 339 g/mol. The molecule has 0 saturated carbocycles. The van der Waals surface area contributed by atoms with Gasteiger partial charge in [-0.3, -0.25) is 4.79 Å². The van der Waals surface area contributed by atoms with E-state index in [1.807, 2.05) is 0 Å². The number of ether oxygens (including phenoxy) is 1. The number of fused-ring (bicyclic) bond motifs is 1. The number of aliphatic hydroxyl groups is 1. The number of Topliss-reactive ketones (excluding diaryl/α,β-unsaturated/α-hetero) is 1. The number of benzene rings is 1. The predicted molar refractivity (Wildman–Crippen MR) is 65.4 cm³/mol. The Morgan fingerprint density at radius 1 is 1.17 bits per heavy atom. The second-order valence-electron chi connectivity index (χ2n) is 4.92. The molecule has 0 fully saturated rings.